The Morgan fingerprint density at radius 1 is 1.31 bits per heavy atom. The molecule has 1 saturated heterocycles. The zero-order valence-electron chi connectivity index (χ0n) is 10.1. The lowest BCUT2D eigenvalue weighted by Gasteiger charge is -2.41. The van der Waals surface area contributed by atoms with Crippen LogP contribution in [-0.2, 0) is 9.30 Å². The zero-order valence-corrected chi connectivity index (χ0v) is 11.0. The number of rotatable bonds is 1. The highest BCUT2D eigenvalue weighted by Crippen LogP contribution is 2.60. The average Bonchev–Trinajstić information content (AvgIpc) is 2.26. The minimum atomic E-state index is -2.45. The molecule has 1 heterocycles. The van der Waals surface area contributed by atoms with Gasteiger partial charge in [0.1, 0.15) is 12.5 Å². The van der Waals surface area contributed by atoms with E-state index in [-0.39, 0.29) is 0 Å². The molecule has 1 aliphatic heterocycles. The molecule has 88 valence electrons. The number of hydrogen-bond donors (Lipinski definition) is 0. The van der Waals surface area contributed by atoms with Crippen molar-refractivity contribution in [1.29, 1.82) is 0 Å². The minimum absolute atomic E-state index is 0.374. The van der Waals surface area contributed by atoms with Gasteiger partial charge in [-0.25, -0.2) is 0 Å². The predicted molar refractivity (Wildman–Crippen MR) is 67.7 cm³/mol. The van der Waals surface area contributed by atoms with Gasteiger partial charge in [0.15, 0.2) is 0 Å². The van der Waals surface area contributed by atoms with E-state index in [4.69, 9.17) is 4.74 Å². The fraction of sp³-hybridized carbons (Fsp3) is 0.538. The lowest BCUT2D eigenvalue weighted by molar-refractivity contribution is 0.0147. The van der Waals surface area contributed by atoms with Gasteiger partial charge in [0.2, 0.25) is 0 Å². The van der Waals surface area contributed by atoms with E-state index in [9.17, 15) is 4.57 Å². The summed E-state index contributed by atoms with van der Waals surface area (Å²) in [6.45, 7) is 6.72. The smallest absolute Gasteiger partial charge is 0.145 e. The predicted octanol–water partition coefficient (Wildman–Crippen LogP) is 3.08. The first-order chi connectivity index (χ1) is 7.46. The lowest BCUT2D eigenvalue weighted by atomic mass is 10.2. The van der Waals surface area contributed by atoms with Gasteiger partial charge in [-0.15, -0.1) is 0 Å². The fourth-order valence-corrected chi connectivity index (χ4v) is 5.44. The summed E-state index contributed by atoms with van der Waals surface area (Å²) in [4.78, 5) is 0. The van der Waals surface area contributed by atoms with Crippen LogP contribution in [0.25, 0.3) is 0 Å². The molecule has 0 spiro atoms. The molecule has 1 aromatic rings. The van der Waals surface area contributed by atoms with Crippen LogP contribution in [0.5, 0.6) is 0 Å². The highest BCUT2D eigenvalue weighted by Gasteiger charge is 2.46. The van der Waals surface area contributed by atoms with Crippen molar-refractivity contribution in [2.75, 3.05) is 12.8 Å². The lowest BCUT2D eigenvalue weighted by Crippen LogP contribution is -2.39. The molecule has 2 rings (SSSR count). The summed E-state index contributed by atoms with van der Waals surface area (Å²) >= 11 is 0. The SMILES string of the molecule is C[C@@H]1COC(C)(C)[P@@](=O)(c2ccccc2)C1. The van der Waals surface area contributed by atoms with Gasteiger partial charge >= 0.3 is 0 Å². The number of benzene rings is 1. The third kappa shape index (κ3) is 1.85. The molecule has 1 aliphatic rings. The number of hydrogen-bond acceptors (Lipinski definition) is 2. The maximum Gasteiger partial charge on any atom is 0.145 e. The van der Waals surface area contributed by atoms with Crippen molar-refractivity contribution < 1.29 is 9.30 Å². The molecule has 2 nitrogen and oxygen atoms in total. The molecule has 1 fully saturated rings. The van der Waals surface area contributed by atoms with Gasteiger partial charge in [0, 0.05) is 11.5 Å². The van der Waals surface area contributed by atoms with E-state index < -0.39 is 12.5 Å². The topological polar surface area (TPSA) is 26.3 Å². The van der Waals surface area contributed by atoms with Crippen LogP contribution in [0.4, 0.5) is 0 Å². The van der Waals surface area contributed by atoms with Crippen molar-refractivity contribution in [1.82, 2.24) is 0 Å². The Morgan fingerprint density at radius 2 is 1.94 bits per heavy atom. The molecule has 16 heavy (non-hydrogen) atoms. The average molecular weight is 238 g/mol. The van der Waals surface area contributed by atoms with Crippen LogP contribution < -0.4 is 5.30 Å². The normalized spacial score (nSPS) is 33.6. The monoisotopic (exact) mass is 238 g/mol. The molecule has 0 N–H and O–H groups in total. The molecule has 1 aromatic carbocycles. The molecule has 0 saturated carbocycles. The molecular weight excluding hydrogens is 219 g/mol. The van der Waals surface area contributed by atoms with Gasteiger partial charge in [-0.2, -0.15) is 0 Å². The molecule has 0 aliphatic carbocycles. The van der Waals surface area contributed by atoms with E-state index in [1.807, 2.05) is 44.2 Å². The van der Waals surface area contributed by atoms with Gasteiger partial charge in [-0.1, -0.05) is 37.3 Å². The Balaban J connectivity index is 2.46. The van der Waals surface area contributed by atoms with Gasteiger partial charge in [-0.3, -0.25) is 0 Å². The molecule has 0 amide bonds. The van der Waals surface area contributed by atoms with E-state index in [0.29, 0.717) is 12.5 Å². The Labute approximate surface area is 97.4 Å². The van der Waals surface area contributed by atoms with E-state index in [2.05, 4.69) is 6.92 Å². The maximum absolute atomic E-state index is 13.2. The van der Waals surface area contributed by atoms with Gasteiger partial charge in [-0.05, 0) is 19.8 Å². The third-order valence-electron chi connectivity index (χ3n) is 3.33. The van der Waals surface area contributed by atoms with Crippen molar-refractivity contribution in [2.45, 2.75) is 26.1 Å². The Kier molecular flexibility index (Phi) is 2.98. The quantitative estimate of drug-likeness (QED) is 0.703. The maximum atomic E-state index is 13.2. The van der Waals surface area contributed by atoms with E-state index in [1.54, 1.807) is 0 Å². The van der Waals surface area contributed by atoms with Crippen molar-refractivity contribution in [3.8, 4) is 0 Å². The van der Waals surface area contributed by atoms with Crippen LogP contribution in [0.2, 0.25) is 0 Å². The molecule has 0 radical (unpaired) electrons. The standard InChI is InChI=1S/C13H19O2P/c1-11-9-15-13(2,3)16(14,10-11)12-7-5-4-6-8-12/h4-8,11H,9-10H2,1-3H3/t11-,16+/m1/s1. The second-order valence-corrected chi connectivity index (χ2v) is 8.56. The van der Waals surface area contributed by atoms with E-state index in [0.717, 1.165) is 11.5 Å². The molecule has 2 atom stereocenters. The summed E-state index contributed by atoms with van der Waals surface area (Å²) in [6.07, 6.45) is 0.754. The highest BCUT2D eigenvalue weighted by atomic mass is 31.2. The summed E-state index contributed by atoms with van der Waals surface area (Å²) in [7, 11) is -2.45. The summed E-state index contributed by atoms with van der Waals surface area (Å²) in [5, 5.41) is 0.424. The van der Waals surface area contributed by atoms with Crippen LogP contribution in [-0.4, -0.2) is 18.1 Å². The van der Waals surface area contributed by atoms with E-state index >= 15 is 0 Å². The van der Waals surface area contributed by atoms with E-state index in [1.165, 1.54) is 0 Å². The van der Waals surface area contributed by atoms with Crippen molar-refractivity contribution in [2.24, 2.45) is 5.92 Å². The largest absolute Gasteiger partial charge is 0.367 e. The third-order valence-corrected chi connectivity index (χ3v) is 7.47. The first-order valence-electron chi connectivity index (χ1n) is 5.74. The molecular formula is C13H19O2P. The van der Waals surface area contributed by atoms with Crippen molar-refractivity contribution >= 4 is 12.4 Å². The number of ether oxygens (including phenoxy) is 1. The van der Waals surface area contributed by atoms with Crippen molar-refractivity contribution in [3.05, 3.63) is 30.3 Å². The van der Waals surface area contributed by atoms with Gasteiger partial charge in [0.05, 0.1) is 6.61 Å². The Bertz CT molecular complexity index is 411. The highest BCUT2D eigenvalue weighted by molar-refractivity contribution is 7.72. The minimum Gasteiger partial charge on any atom is -0.367 e. The fourth-order valence-electron chi connectivity index (χ4n) is 2.25. The molecule has 0 bridgehead atoms. The summed E-state index contributed by atoms with van der Waals surface area (Å²) < 4.78 is 19.0. The van der Waals surface area contributed by atoms with Crippen LogP contribution in [0.3, 0.4) is 0 Å². The molecule has 0 aromatic heterocycles. The second-order valence-electron chi connectivity index (χ2n) is 5.12. The van der Waals surface area contributed by atoms with Gasteiger partial charge in [0.25, 0.3) is 0 Å². The van der Waals surface area contributed by atoms with Crippen LogP contribution in [0.15, 0.2) is 30.3 Å². The Hall–Kier alpha value is -0.590. The molecule has 3 heteroatoms. The summed E-state index contributed by atoms with van der Waals surface area (Å²) in [5.74, 6) is 0.374. The van der Waals surface area contributed by atoms with Crippen LogP contribution in [0.1, 0.15) is 20.8 Å². The van der Waals surface area contributed by atoms with Crippen LogP contribution in [0, 0.1) is 5.92 Å². The second kappa shape index (κ2) is 4.01. The van der Waals surface area contributed by atoms with Crippen molar-refractivity contribution in [3.63, 3.8) is 0 Å². The van der Waals surface area contributed by atoms with Gasteiger partial charge < -0.3 is 9.30 Å². The zero-order chi connectivity index (χ0) is 11.8. The first-order valence-corrected chi connectivity index (χ1v) is 7.64. The summed E-state index contributed by atoms with van der Waals surface area (Å²) in [5.41, 5.74) is 0. The molecule has 0 unspecified atom stereocenters. The Morgan fingerprint density at radius 3 is 2.56 bits per heavy atom. The first kappa shape index (κ1) is 11.9. The summed E-state index contributed by atoms with van der Waals surface area (Å²) in [6, 6.07) is 9.78. The van der Waals surface area contributed by atoms with Crippen LogP contribution >= 0.6 is 7.14 Å².